The second-order valence-electron chi connectivity index (χ2n) is 8.52. The fourth-order valence-corrected chi connectivity index (χ4v) is 4.56. The van der Waals surface area contributed by atoms with Crippen molar-refractivity contribution < 1.29 is 27.8 Å². The van der Waals surface area contributed by atoms with Crippen LogP contribution in [0, 0.1) is 0 Å². The number of aliphatic hydroxyl groups is 1. The minimum atomic E-state index is -4.93. The van der Waals surface area contributed by atoms with E-state index in [1.165, 1.54) is 17.0 Å². The molecule has 1 unspecified atom stereocenters. The molecular formula is C25H22Cl2F3N3O3. The van der Waals surface area contributed by atoms with Crippen molar-refractivity contribution in [2.45, 2.75) is 18.1 Å². The van der Waals surface area contributed by atoms with E-state index < -0.39 is 29.9 Å². The van der Waals surface area contributed by atoms with Gasteiger partial charge in [0.25, 0.3) is 0 Å². The average molecular weight is 540 g/mol. The Labute approximate surface area is 216 Å². The lowest BCUT2D eigenvalue weighted by Gasteiger charge is -2.38. The summed E-state index contributed by atoms with van der Waals surface area (Å²) >= 11 is 12.1. The summed E-state index contributed by atoms with van der Waals surface area (Å²) in [4.78, 5) is 18.3. The molecule has 2 amide bonds. The molecule has 4 rings (SSSR count). The molecule has 1 aliphatic heterocycles. The molecule has 0 bridgehead atoms. The average Bonchev–Trinajstić information content (AvgIpc) is 3.01. The Morgan fingerprint density at radius 1 is 0.972 bits per heavy atom. The van der Waals surface area contributed by atoms with Crippen LogP contribution in [0.25, 0.3) is 0 Å². The van der Waals surface area contributed by atoms with Crippen LogP contribution in [0.15, 0.2) is 72.8 Å². The Balaban J connectivity index is 1.94. The van der Waals surface area contributed by atoms with Crippen LogP contribution in [0.4, 0.5) is 29.3 Å². The molecule has 0 saturated carbocycles. The highest BCUT2D eigenvalue weighted by Gasteiger charge is 2.59. The Hall–Kier alpha value is -2.98. The third-order valence-corrected chi connectivity index (χ3v) is 6.24. The maximum atomic E-state index is 14.0. The number of halogens is 5. The lowest BCUT2D eigenvalue weighted by molar-refractivity contribution is -0.274. The second-order valence-corrected chi connectivity index (χ2v) is 9.39. The molecule has 1 aliphatic rings. The Morgan fingerprint density at radius 2 is 1.53 bits per heavy atom. The first-order valence-electron chi connectivity index (χ1n) is 10.8. The molecule has 1 heterocycles. The highest BCUT2D eigenvalue weighted by Crippen LogP contribution is 2.46. The van der Waals surface area contributed by atoms with Crippen molar-refractivity contribution in [3.05, 3.63) is 88.4 Å². The van der Waals surface area contributed by atoms with Crippen molar-refractivity contribution in [1.29, 1.82) is 0 Å². The summed E-state index contributed by atoms with van der Waals surface area (Å²) in [5.41, 5.74) is -1.31. The van der Waals surface area contributed by atoms with Gasteiger partial charge in [-0.15, -0.1) is 13.2 Å². The van der Waals surface area contributed by atoms with Crippen molar-refractivity contribution in [2.24, 2.45) is 0 Å². The number of amides is 2. The molecule has 0 aromatic heterocycles. The topological polar surface area (TPSA) is 56.2 Å². The predicted molar refractivity (Wildman–Crippen MR) is 133 cm³/mol. The monoisotopic (exact) mass is 539 g/mol. The molecule has 0 spiro atoms. The van der Waals surface area contributed by atoms with E-state index in [0.717, 1.165) is 17.0 Å². The number of urea groups is 1. The number of ether oxygens (including phenoxy) is 1. The standard InChI is InChI=1S/C25H22Cl2F3N3O3/c1-31(2)15-22-24(35,16-4-3-5-21(14-16)36-25(28,29)30)33(20-12-8-18(27)9-13-20)23(34)32(22)19-10-6-17(26)7-11-19/h3-14,22,35H,15H2,1-2H3/t22-,24?/m0/s1. The van der Waals surface area contributed by atoms with E-state index in [1.54, 1.807) is 67.5 Å². The summed E-state index contributed by atoms with van der Waals surface area (Å²) in [5.74, 6) is -0.523. The molecule has 190 valence electrons. The molecule has 2 atom stereocenters. The van der Waals surface area contributed by atoms with Crippen molar-refractivity contribution in [1.82, 2.24) is 4.90 Å². The number of benzene rings is 3. The Kier molecular flexibility index (Phi) is 7.12. The van der Waals surface area contributed by atoms with Gasteiger partial charge in [0.2, 0.25) is 0 Å². The summed E-state index contributed by atoms with van der Waals surface area (Å²) < 4.78 is 43.0. The lowest BCUT2D eigenvalue weighted by Crippen LogP contribution is -2.53. The molecule has 3 aromatic rings. The first-order chi connectivity index (χ1) is 16.9. The predicted octanol–water partition coefficient (Wildman–Crippen LogP) is 6.11. The first kappa shape index (κ1) is 26.1. The minimum Gasteiger partial charge on any atom is -0.406 e. The quantitative estimate of drug-likeness (QED) is 0.410. The van der Waals surface area contributed by atoms with Gasteiger partial charge in [-0.1, -0.05) is 35.3 Å². The summed E-state index contributed by atoms with van der Waals surface area (Å²) in [5, 5.41) is 13.2. The third-order valence-electron chi connectivity index (χ3n) is 5.73. The van der Waals surface area contributed by atoms with Gasteiger partial charge in [-0.2, -0.15) is 0 Å². The van der Waals surface area contributed by atoms with Crippen molar-refractivity contribution >= 4 is 40.6 Å². The summed E-state index contributed by atoms with van der Waals surface area (Å²) in [6.45, 7) is 0.166. The molecule has 1 N–H and O–H groups in total. The number of alkyl halides is 3. The Bertz CT molecular complexity index is 1240. The molecule has 6 nitrogen and oxygen atoms in total. The SMILES string of the molecule is CN(C)C[C@@H]1N(c2ccc(Cl)cc2)C(=O)N(c2ccc(Cl)cc2)C1(O)c1cccc(OC(F)(F)F)c1. The van der Waals surface area contributed by atoms with Crippen LogP contribution in [-0.4, -0.2) is 49.1 Å². The number of anilines is 2. The van der Waals surface area contributed by atoms with Crippen LogP contribution in [0.1, 0.15) is 5.56 Å². The Morgan fingerprint density at radius 3 is 2.06 bits per heavy atom. The van der Waals surface area contributed by atoms with Crippen LogP contribution < -0.4 is 14.5 Å². The van der Waals surface area contributed by atoms with Gasteiger partial charge in [0.1, 0.15) is 11.8 Å². The first-order valence-corrected chi connectivity index (χ1v) is 11.5. The van der Waals surface area contributed by atoms with Gasteiger partial charge in [-0.25, -0.2) is 4.79 Å². The minimum absolute atomic E-state index is 0.0378. The molecule has 1 fully saturated rings. The van der Waals surface area contributed by atoms with Crippen molar-refractivity contribution in [2.75, 3.05) is 30.4 Å². The van der Waals surface area contributed by atoms with Crippen LogP contribution in [0.3, 0.4) is 0 Å². The van der Waals surface area contributed by atoms with E-state index in [2.05, 4.69) is 4.74 Å². The number of hydrogen-bond donors (Lipinski definition) is 1. The number of carbonyl (C=O) groups excluding carboxylic acids is 1. The molecule has 0 aliphatic carbocycles. The van der Waals surface area contributed by atoms with E-state index in [0.29, 0.717) is 21.4 Å². The summed E-state index contributed by atoms with van der Waals surface area (Å²) in [6.07, 6.45) is -4.93. The van der Waals surface area contributed by atoms with Gasteiger partial charge < -0.3 is 14.7 Å². The van der Waals surface area contributed by atoms with Crippen molar-refractivity contribution in [3.8, 4) is 5.75 Å². The molecular weight excluding hydrogens is 518 g/mol. The maximum absolute atomic E-state index is 14.0. The van der Waals surface area contributed by atoms with Gasteiger partial charge in [0, 0.05) is 33.5 Å². The molecule has 11 heteroatoms. The zero-order valence-electron chi connectivity index (χ0n) is 19.2. The summed E-state index contributed by atoms with van der Waals surface area (Å²) in [7, 11) is 3.53. The van der Waals surface area contributed by atoms with Gasteiger partial charge in [0.05, 0.1) is 0 Å². The maximum Gasteiger partial charge on any atom is 0.573 e. The van der Waals surface area contributed by atoms with E-state index in [-0.39, 0.29) is 12.1 Å². The fourth-order valence-electron chi connectivity index (χ4n) is 4.30. The molecule has 3 aromatic carbocycles. The van der Waals surface area contributed by atoms with Crippen molar-refractivity contribution in [3.63, 3.8) is 0 Å². The van der Waals surface area contributed by atoms with E-state index in [1.807, 2.05) is 0 Å². The number of carbonyl (C=O) groups is 1. The van der Waals surface area contributed by atoms with Crippen LogP contribution in [-0.2, 0) is 5.72 Å². The fraction of sp³-hybridized carbons (Fsp3) is 0.240. The lowest BCUT2D eigenvalue weighted by atomic mass is 9.92. The molecule has 0 radical (unpaired) electrons. The zero-order chi connectivity index (χ0) is 26.3. The van der Waals surface area contributed by atoms with E-state index in [9.17, 15) is 23.1 Å². The van der Waals surface area contributed by atoms with Gasteiger partial charge in [0.15, 0.2) is 5.72 Å². The largest absolute Gasteiger partial charge is 0.573 e. The normalized spacial score (nSPS) is 20.4. The van der Waals surface area contributed by atoms with Crippen LogP contribution >= 0.6 is 23.2 Å². The number of rotatable bonds is 6. The van der Waals surface area contributed by atoms with E-state index >= 15 is 0 Å². The number of likely N-dealkylation sites (N-methyl/N-ethyl adjacent to an activating group) is 1. The highest BCUT2D eigenvalue weighted by molar-refractivity contribution is 6.31. The third kappa shape index (κ3) is 5.10. The molecule has 1 saturated heterocycles. The summed E-state index contributed by atoms with van der Waals surface area (Å²) in [6, 6.07) is 16.2. The van der Waals surface area contributed by atoms with Gasteiger partial charge in [-0.3, -0.25) is 9.80 Å². The second kappa shape index (κ2) is 9.82. The number of nitrogens with zero attached hydrogens (tertiary/aromatic N) is 3. The van der Waals surface area contributed by atoms with Gasteiger partial charge in [-0.05, 0) is 74.8 Å². The van der Waals surface area contributed by atoms with E-state index in [4.69, 9.17) is 23.2 Å². The number of hydrogen-bond acceptors (Lipinski definition) is 4. The van der Waals surface area contributed by atoms with Crippen LogP contribution in [0.2, 0.25) is 10.0 Å². The highest BCUT2D eigenvalue weighted by atomic mass is 35.5. The van der Waals surface area contributed by atoms with Gasteiger partial charge >= 0.3 is 12.4 Å². The smallest absolute Gasteiger partial charge is 0.406 e. The van der Waals surface area contributed by atoms with Crippen LogP contribution in [0.5, 0.6) is 5.75 Å². The zero-order valence-corrected chi connectivity index (χ0v) is 20.7. The molecule has 36 heavy (non-hydrogen) atoms.